The van der Waals surface area contributed by atoms with E-state index in [9.17, 15) is 9.90 Å². The standard InChI is InChI=1S/C17H25NO4/c1-3-22-17(20)13-7-6-10-18(11-13)12-15(19)14-8-4-5-9-16(14)21-2/h4-5,8-9,13,15,19H,3,6-7,10-12H2,1-2H3. The Morgan fingerprint density at radius 2 is 2.23 bits per heavy atom. The Morgan fingerprint density at radius 1 is 1.45 bits per heavy atom. The van der Waals surface area contributed by atoms with Crippen molar-refractivity contribution in [1.82, 2.24) is 4.90 Å². The molecular formula is C17H25NO4. The van der Waals surface area contributed by atoms with Gasteiger partial charge in [0.1, 0.15) is 5.75 Å². The molecule has 2 rings (SSSR count). The Kier molecular flexibility index (Phi) is 6.21. The lowest BCUT2D eigenvalue weighted by atomic mass is 9.97. The van der Waals surface area contributed by atoms with Crippen LogP contribution in [0.15, 0.2) is 24.3 Å². The van der Waals surface area contributed by atoms with E-state index in [1.807, 2.05) is 31.2 Å². The zero-order valence-electron chi connectivity index (χ0n) is 13.3. The molecule has 2 atom stereocenters. The van der Waals surface area contributed by atoms with Crippen LogP contribution in [0.2, 0.25) is 0 Å². The van der Waals surface area contributed by atoms with Crippen molar-refractivity contribution in [2.75, 3.05) is 33.4 Å². The zero-order chi connectivity index (χ0) is 15.9. The number of piperidine rings is 1. The summed E-state index contributed by atoms with van der Waals surface area (Å²) in [5.74, 6) is 0.478. The molecule has 1 aromatic rings. The number of para-hydroxylation sites is 1. The molecular weight excluding hydrogens is 282 g/mol. The number of esters is 1. The maximum absolute atomic E-state index is 11.9. The molecule has 0 amide bonds. The van der Waals surface area contributed by atoms with Crippen LogP contribution in [0, 0.1) is 5.92 Å². The third-order valence-electron chi connectivity index (χ3n) is 4.05. The number of methoxy groups -OCH3 is 1. The second kappa shape index (κ2) is 8.15. The van der Waals surface area contributed by atoms with Crippen LogP contribution in [-0.4, -0.2) is 49.3 Å². The third kappa shape index (κ3) is 4.21. The van der Waals surface area contributed by atoms with Crippen molar-refractivity contribution in [2.24, 2.45) is 5.92 Å². The molecule has 1 aromatic carbocycles. The molecule has 2 unspecified atom stereocenters. The lowest BCUT2D eigenvalue weighted by molar-refractivity contribution is -0.150. The van der Waals surface area contributed by atoms with Gasteiger partial charge in [0.25, 0.3) is 0 Å². The lowest BCUT2D eigenvalue weighted by Gasteiger charge is -2.33. The van der Waals surface area contributed by atoms with Gasteiger partial charge in [0.2, 0.25) is 0 Å². The van der Waals surface area contributed by atoms with Gasteiger partial charge in [-0.25, -0.2) is 0 Å². The van der Waals surface area contributed by atoms with Crippen molar-refractivity contribution in [3.8, 4) is 5.75 Å². The van der Waals surface area contributed by atoms with Crippen LogP contribution in [0.25, 0.3) is 0 Å². The molecule has 1 saturated heterocycles. The van der Waals surface area contributed by atoms with Crippen molar-refractivity contribution in [3.63, 3.8) is 0 Å². The molecule has 122 valence electrons. The van der Waals surface area contributed by atoms with E-state index in [4.69, 9.17) is 9.47 Å². The number of rotatable bonds is 6. The first-order chi connectivity index (χ1) is 10.7. The maximum Gasteiger partial charge on any atom is 0.310 e. The molecule has 1 fully saturated rings. The quantitative estimate of drug-likeness (QED) is 0.815. The summed E-state index contributed by atoms with van der Waals surface area (Å²) in [5.41, 5.74) is 0.781. The van der Waals surface area contributed by atoms with Crippen molar-refractivity contribution in [3.05, 3.63) is 29.8 Å². The highest BCUT2D eigenvalue weighted by Crippen LogP contribution is 2.27. The summed E-state index contributed by atoms with van der Waals surface area (Å²) >= 11 is 0. The average molecular weight is 307 g/mol. The molecule has 0 radical (unpaired) electrons. The summed E-state index contributed by atoms with van der Waals surface area (Å²) in [6.45, 7) is 4.27. The highest BCUT2D eigenvalue weighted by molar-refractivity contribution is 5.72. The van der Waals surface area contributed by atoms with E-state index in [1.165, 1.54) is 0 Å². The number of likely N-dealkylation sites (tertiary alicyclic amines) is 1. The van der Waals surface area contributed by atoms with E-state index in [1.54, 1.807) is 7.11 Å². The Balaban J connectivity index is 1.96. The molecule has 0 saturated carbocycles. The SMILES string of the molecule is CCOC(=O)C1CCCN(CC(O)c2ccccc2OC)C1. The van der Waals surface area contributed by atoms with Crippen LogP contribution >= 0.6 is 0 Å². The fraction of sp³-hybridized carbons (Fsp3) is 0.588. The average Bonchev–Trinajstić information content (AvgIpc) is 2.55. The molecule has 5 nitrogen and oxygen atoms in total. The predicted octanol–water partition coefficient (Wildman–Crippen LogP) is 2.00. The van der Waals surface area contributed by atoms with E-state index in [0.29, 0.717) is 25.4 Å². The van der Waals surface area contributed by atoms with Crippen molar-refractivity contribution < 1.29 is 19.4 Å². The molecule has 0 bridgehead atoms. The van der Waals surface area contributed by atoms with Crippen LogP contribution in [0.4, 0.5) is 0 Å². The van der Waals surface area contributed by atoms with Gasteiger partial charge in [0.15, 0.2) is 0 Å². The van der Waals surface area contributed by atoms with E-state index in [-0.39, 0.29) is 11.9 Å². The van der Waals surface area contributed by atoms with Gasteiger partial charge in [-0.3, -0.25) is 9.69 Å². The first-order valence-electron chi connectivity index (χ1n) is 7.85. The Bertz CT molecular complexity index is 491. The van der Waals surface area contributed by atoms with Gasteiger partial charge in [-0.2, -0.15) is 0 Å². The summed E-state index contributed by atoms with van der Waals surface area (Å²) in [4.78, 5) is 14.0. The topological polar surface area (TPSA) is 59.0 Å². The number of benzene rings is 1. The monoisotopic (exact) mass is 307 g/mol. The minimum absolute atomic E-state index is 0.0847. The number of aliphatic hydroxyl groups excluding tert-OH is 1. The van der Waals surface area contributed by atoms with Gasteiger partial charge >= 0.3 is 5.97 Å². The number of hydrogen-bond donors (Lipinski definition) is 1. The van der Waals surface area contributed by atoms with Crippen molar-refractivity contribution in [1.29, 1.82) is 0 Å². The van der Waals surface area contributed by atoms with E-state index in [2.05, 4.69) is 4.90 Å². The summed E-state index contributed by atoms with van der Waals surface area (Å²) < 4.78 is 10.4. The Labute approximate surface area is 131 Å². The molecule has 22 heavy (non-hydrogen) atoms. The predicted molar refractivity (Wildman–Crippen MR) is 83.8 cm³/mol. The molecule has 0 spiro atoms. The van der Waals surface area contributed by atoms with Gasteiger partial charge in [-0.15, -0.1) is 0 Å². The van der Waals surface area contributed by atoms with Crippen LogP contribution in [0.5, 0.6) is 5.75 Å². The molecule has 1 aliphatic heterocycles. The van der Waals surface area contributed by atoms with Gasteiger partial charge < -0.3 is 14.6 Å². The summed E-state index contributed by atoms with van der Waals surface area (Å²) in [7, 11) is 1.60. The smallest absolute Gasteiger partial charge is 0.310 e. The number of hydrogen-bond acceptors (Lipinski definition) is 5. The molecule has 5 heteroatoms. The maximum atomic E-state index is 11.9. The van der Waals surface area contributed by atoms with Gasteiger partial charge in [-0.1, -0.05) is 18.2 Å². The van der Waals surface area contributed by atoms with E-state index in [0.717, 1.165) is 24.9 Å². The van der Waals surface area contributed by atoms with E-state index < -0.39 is 6.10 Å². The Morgan fingerprint density at radius 3 is 2.95 bits per heavy atom. The highest BCUT2D eigenvalue weighted by atomic mass is 16.5. The normalized spacial score (nSPS) is 20.4. The first kappa shape index (κ1) is 16.8. The third-order valence-corrected chi connectivity index (χ3v) is 4.05. The number of ether oxygens (including phenoxy) is 2. The Hall–Kier alpha value is -1.59. The van der Waals surface area contributed by atoms with Crippen LogP contribution in [0.1, 0.15) is 31.4 Å². The summed E-state index contributed by atoms with van der Waals surface area (Å²) in [5, 5.41) is 10.5. The number of carbonyl (C=O) groups excluding carboxylic acids is 1. The largest absolute Gasteiger partial charge is 0.496 e. The van der Waals surface area contributed by atoms with Gasteiger partial charge in [0.05, 0.1) is 25.7 Å². The minimum atomic E-state index is -0.628. The number of aliphatic hydroxyl groups is 1. The zero-order valence-corrected chi connectivity index (χ0v) is 13.3. The van der Waals surface area contributed by atoms with Gasteiger partial charge in [-0.05, 0) is 32.4 Å². The van der Waals surface area contributed by atoms with Crippen molar-refractivity contribution >= 4 is 5.97 Å². The fourth-order valence-corrected chi connectivity index (χ4v) is 2.96. The lowest BCUT2D eigenvalue weighted by Crippen LogP contribution is -2.41. The fourth-order valence-electron chi connectivity index (χ4n) is 2.96. The van der Waals surface area contributed by atoms with Gasteiger partial charge in [0, 0.05) is 18.7 Å². The molecule has 1 heterocycles. The van der Waals surface area contributed by atoms with Crippen molar-refractivity contribution in [2.45, 2.75) is 25.9 Å². The molecule has 1 aliphatic rings. The van der Waals surface area contributed by atoms with Crippen LogP contribution < -0.4 is 4.74 Å². The number of β-amino-alcohol motifs (C(OH)–C–C–N with tert-alkyl or cyclic N) is 1. The summed E-state index contributed by atoms with van der Waals surface area (Å²) in [6, 6.07) is 7.48. The minimum Gasteiger partial charge on any atom is -0.496 e. The second-order valence-electron chi connectivity index (χ2n) is 5.61. The number of nitrogens with zero attached hydrogens (tertiary/aromatic N) is 1. The van der Waals surface area contributed by atoms with Crippen LogP contribution in [-0.2, 0) is 9.53 Å². The molecule has 1 N–H and O–H groups in total. The van der Waals surface area contributed by atoms with Crippen LogP contribution in [0.3, 0.4) is 0 Å². The molecule has 0 aromatic heterocycles. The number of carbonyl (C=O) groups is 1. The first-order valence-corrected chi connectivity index (χ1v) is 7.85. The summed E-state index contributed by atoms with van der Waals surface area (Å²) in [6.07, 6.45) is 1.18. The second-order valence-corrected chi connectivity index (χ2v) is 5.61. The highest BCUT2D eigenvalue weighted by Gasteiger charge is 2.28. The van der Waals surface area contributed by atoms with E-state index >= 15 is 0 Å². The molecule has 0 aliphatic carbocycles.